The number of rotatable bonds is 1. The number of carbonyl (C=O) groups excluding carboxylic acids is 2. The molecule has 0 radical (unpaired) electrons. The first kappa shape index (κ1) is 13.9. The standard InChI is InChI=1S/C14H20N4O3/c1-8-9(2)21-13(15-8)17-14(20)18-7-12(19)16-10-5-3-4-6-11(10)18/h10-11H,3-7H2,1-2H3,(H,16,19)(H,15,17,20)/t10-,11+/m1/s1. The number of carbonyl (C=O) groups is 2. The van der Waals surface area contributed by atoms with Crippen LogP contribution in [0.4, 0.5) is 10.8 Å². The first-order valence-electron chi connectivity index (χ1n) is 7.35. The quantitative estimate of drug-likeness (QED) is 0.822. The van der Waals surface area contributed by atoms with Gasteiger partial charge in [0.05, 0.1) is 11.7 Å². The zero-order chi connectivity index (χ0) is 15.0. The molecule has 2 atom stereocenters. The monoisotopic (exact) mass is 292 g/mol. The number of aromatic nitrogens is 1. The minimum atomic E-state index is -0.317. The maximum Gasteiger partial charge on any atom is 0.326 e. The second-order valence-corrected chi connectivity index (χ2v) is 5.74. The predicted octanol–water partition coefficient (Wildman–Crippen LogP) is 1.57. The minimum Gasteiger partial charge on any atom is -0.428 e. The number of oxazole rings is 1. The molecule has 2 heterocycles. The summed E-state index contributed by atoms with van der Waals surface area (Å²) in [7, 11) is 0. The smallest absolute Gasteiger partial charge is 0.326 e. The molecule has 3 rings (SSSR count). The number of fused-ring (bicyclic) bond motifs is 1. The van der Waals surface area contributed by atoms with Crippen molar-refractivity contribution in [3.05, 3.63) is 11.5 Å². The Labute approximate surface area is 123 Å². The minimum absolute atomic E-state index is 0.0635. The van der Waals surface area contributed by atoms with E-state index in [2.05, 4.69) is 15.6 Å². The maximum atomic E-state index is 12.4. The van der Waals surface area contributed by atoms with Gasteiger partial charge in [-0.1, -0.05) is 12.8 Å². The SMILES string of the molecule is Cc1nc(NC(=O)N2CC(=O)N[C@@H]3CCCC[C@@H]32)oc1C. The van der Waals surface area contributed by atoms with E-state index >= 15 is 0 Å². The van der Waals surface area contributed by atoms with Gasteiger partial charge in [-0.25, -0.2) is 4.79 Å². The second kappa shape index (κ2) is 5.38. The van der Waals surface area contributed by atoms with Crippen LogP contribution in [0.3, 0.4) is 0 Å². The van der Waals surface area contributed by atoms with Crippen molar-refractivity contribution >= 4 is 18.0 Å². The number of aryl methyl sites for hydroxylation is 2. The molecule has 1 saturated carbocycles. The van der Waals surface area contributed by atoms with E-state index in [0.29, 0.717) is 5.76 Å². The molecule has 2 N–H and O–H groups in total. The number of hydrogen-bond donors (Lipinski definition) is 2. The first-order chi connectivity index (χ1) is 10.0. The Morgan fingerprint density at radius 1 is 1.38 bits per heavy atom. The van der Waals surface area contributed by atoms with Crippen LogP contribution in [0.5, 0.6) is 0 Å². The normalized spacial score (nSPS) is 25.2. The number of urea groups is 1. The molecule has 7 heteroatoms. The number of anilines is 1. The van der Waals surface area contributed by atoms with Crippen molar-refractivity contribution in [1.82, 2.24) is 15.2 Å². The van der Waals surface area contributed by atoms with E-state index < -0.39 is 0 Å². The molecule has 2 aliphatic rings. The Morgan fingerprint density at radius 3 is 2.86 bits per heavy atom. The summed E-state index contributed by atoms with van der Waals surface area (Å²) in [5.74, 6) is 0.574. The topological polar surface area (TPSA) is 87.5 Å². The van der Waals surface area contributed by atoms with E-state index in [1.165, 1.54) is 0 Å². The molecule has 0 aromatic carbocycles. The summed E-state index contributed by atoms with van der Waals surface area (Å²) in [5, 5.41) is 5.64. The molecule has 1 aliphatic carbocycles. The van der Waals surface area contributed by atoms with Crippen molar-refractivity contribution in [1.29, 1.82) is 0 Å². The van der Waals surface area contributed by atoms with Gasteiger partial charge in [-0.05, 0) is 26.7 Å². The van der Waals surface area contributed by atoms with Crippen LogP contribution >= 0.6 is 0 Å². The van der Waals surface area contributed by atoms with Crippen molar-refractivity contribution in [2.75, 3.05) is 11.9 Å². The molecule has 1 aliphatic heterocycles. The van der Waals surface area contributed by atoms with Gasteiger partial charge in [-0.3, -0.25) is 10.1 Å². The van der Waals surface area contributed by atoms with Crippen LogP contribution in [0.2, 0.25) is 0 Å². The van der Waals surface area contributed by atoms with Gasteiger partial charge >= 0.3 is 12.0 Å². The van der Waals surface area contributed by atoms with Gasteiger partial charge in [-0.2, -0.15) is 4.98 Å². The van der Waals surface area contributed by atoms with Gasteiger partial charge < -0.3 is 14.6 Å². The third-order valence-electron chi connectivity index (χ3n) is 4.29. The van der Waals surface area contributed by atoms with Crippen LogP contribution in [0, 0.1) is 13.8 Å². The molecule has 0 bridgehead atoms. The van der Waals surface area contributed by atoms with Gasteiger partial charge in [0.2, 0.25) is 5.91 Å². The van der Waals surface area contributed by atoms with Crippen LogP contribution in [0.1, 0.15) is 37.1 Å². The molecule has 1 saturated heterocycles. The van der Waals surface area contributed by atoms with Crippen LogP contribution in [-0.4, -0.2) is 40.5 Å². The predicted molar refractivity (Wildman–Crippen MR) is 75.9 cm³/mol. The van der Waals surface area contributed by atoms with E-state index in [1.807, 2.05) is 6.92 Å². The Kier molecular flexibility index (Phi) is 3.57. The van der Waals surface area contributed by atoms with Crippen LogP contribution in [0.15, 0.2) is 4.42 Å². The van der Waals surface area contributed by atoms with Gasteiger partial charge in [0, 0.05) is 6.04 Å². The van der Waals surface area contributed by atoms with E-state index in [4.69, 9.17) is 4.42 Å². The lowest BCUT2D eigenvalue weighted by Gasteiger charge is -2.43. The number of amides is 3. The summed E-state index contributed by atoms with van der Waals surface area (Å²) in [6, 6.07) is 0.00345. The highest BCUT2D eigenvalue weighted by atomic mass is 16.4. The third-order valence-corrected chi connectivity index (χ3v) is 4.29. The van der Waals surface area contributed by atoms with E-state index in [0.717, 1.165) is 31.4 Å². The summed E-state index contributed by atoms with van der Waals surface area (Å²) >= 11 is 0. The fourth-order valence-corrected chi connectivity index (χ4v) is 3.09. The number of piperazine rings is 1. The number of nitrogens with one attached hydrogen (secondary N) is 2. The summed E-state index contributed by atoms with van der Waals surface area (Å²) in [6.07, 6.45) is 4.02. The van der Waals surface area contributed by atoms with Crippen molar-refractivity contribution in [2.45, 2.75) is 51.6 Å². The summed E-state index contributed by atoms with van der Waals surface area (Å²) in [5.41, 5.74) is 0.747. The Hall–Kier alpha value is -2.05. The second-order valence-electron chi connectivity index (χ2n) is 5.74. The van der Waals surface area contributed by atoms with Crippen molar-refractivity contribution in [2.24, 2.45) is 0 Å². The zero-order valence-corrected chi connectivity index (χ0v) is 12.3. The lowest BCUT2D eigenvalue weighted by atomic mass is 9.87. The summed E-state index contributed by atoms with van der Waals surface area (Å²) in [4.78, 5) is 29.9. The molecule has 7 nitrogen and oxygen atoms in total. The molecule has 1 aromatic rings. The van der Waals surface area contributed by atoms with E-state index in [1.54, 1.807) is 11.8 Å². The zero-order valence-electron chi connectivity index (χ0n) is 12.3. The molecule has 114 valence electrons. The average molecular weight is 292 g/mol. The van der Waals surface area contributed by atoms with Gasteiger partial charge in [0.1, 0.15) is 12.3 Å². The van der Waals surface area contributed by atoms with Gasteiger partial charge in [0.15, 0.2) is 0 Å². The fraction of sp³-hybridized carbons (Fsp3) is 0.643. The van der Waals surface area contributed by atoms with E-state index in [-0.39, 0.29) is 36.6 Å². The number of nitrogens with zero attached hydrogens (tertiary/aromatic N) is 2. The third kappa shape index (κ3) is 2.72. The van der Waals surface area contributed by atoms with Crippen molar-refractivity contribution < 1.29 is 14.0 Å². The molecule has 1 aromatic heterocycles. The van der Waals surface area contributed by atoms with Gasteiger partial charge in [0.25, 0.3) is 0 Å². The Bertz CT molecular complexity index is 549. The van der Waals surface area contributed by atoms with Crippen LogP contribution in [0.25, 0.3) is 0 Å². The summed E-state index contributed by atoms with van der Waals surface area (Å²) in [6.45, 7) is 3.70. The Morgan fingerprint density at radius 2 is 2.14 bits per heavy atom. The highest BCUT2D eigenvalue weighted by Gasteiger charge is 2.39. The molecular weight excluding hydrogens is 272 g/mol. The molecular formula is C14H20N4O3. The maximum absolute atomic E-state index is 12.4. The summed E-state index contributed by atoms with van der Waals surface area (Å²) < 4.78 is 5.37. The highest BCUT2D eigenvalue weighted by molar-refractivity contribution is 5.92. The van der Waals surface area contributed by atoms with Gasteiger partial charge in [-0.15, -0.1) is 0 Å². The van der Waals surface area contributed by atoms with E-state index in [9.17, 15) is 9.59 Å². The lowest BCUT2D eigenvalue weighted by Crippen LogP contribution is -2.63. The molecule has 0 unspecified atom stereocenters. The molecule has 0 spiro atoms. The molecule has 3 amide bonds. The Balaban J connectivity index is 1.74. The average Bonchev–Trinajstić information content (AvgIpc) is 2.76. The van der Waals surface area contributed by atoms with Crippen molar-refractivity contribution in [3.8, 4) is 0 Å². The highest BCUT2D eigenvalue weighted by Crippen LogP contribution is 2.26. The molecule has 21 heavy (non-hydrogen) atoms. The molecule has 2 fully saturated rings. The largest absolute Gasteiger partial charge is 0.428 e. The van der Waals surface area contributed by atoms with Crippen LogP contribution < -0.4 is 10.6 Å². The lowest BCUT2D eigenvalue weighted by molar-refractivity contribution is -0.126. The van der Waals surface area contributed by atoms with Crippen LogP contribution in [-0.2, 0) is 4.79 Å². The first-order valence-corrected chi connectivity index (χ1v) is 7.35. The fourth-order valence-electron chi connectivity index (χ4n) is 3.09. The number of hydrogen-bond acceptors (Lipinski definition) is 4. The van der Waals surface area contributed by atoms with Crippen molar-refractivity contribution in [3.63, 3.8) is 0 Å².